The molecule has 0 saturated heterocycles. The molecule has 106 valence electrons. The van der Waals surface area contributed by atoms with Crippen molar-refractivity contribution in [1.82, 2.24) is 10.3 Å². The normalized spacial score (nSPS) is 12.4. The summed E-state index contributed by atoms with van der Waals surface area (Å²) in [7, 11) is 1.90. The summed E-state index contributed by atoms with van der Waals surface area (Å²) in [5.41, 5.74) is 1.93. The zero-order chi connectivity index (χ0) is 14.7. The Kier molecular flexibility index (Phi) is 5.87. The van der Waals surface area contributed by atoms with Crippen LogP contribution in [0.5, 0.6) is 0 Å². The fourth-order valence-corrected chi connectivity index (χ4v) is 3.59. The van der Waals surface area contributed by atoms with Crippen molar-refractivity contribution in [2.75, 3.05) is 7.05 Å². The number of nitrogens with one attached hydrogen (secondary N) is 1. The van der Waals surface area contributed by atoms with Gasteiger partial charge in [0.15, 0.2) is 0 Å². The van der Waals surface area contributed by atoms with Crippen molar-refractivity contribution in [2.24, 2.45) is 0 Å². The maximum Gasteiger partial charge on any atom is 0.0719 e. The lowest BCUT2D eigenvalue weighted by Crippen LogP contribution is -2.20. The number of nitrogens with zero attached hydrogens (tertiary/aromatic N) is 1. The standard InChI is InChI=1S/C14H12Br2Cl2N2/c1-19-13(14-11(16)6-9(15)7-20-14)5-8-4-10(17)2-3-12(8)18/h2-4,6-7,13,19H,5H2,1H3. The van der Waals surface area contributed by atoms with Crippen LogP contribution in [0.4, 0.5) is 0 Å². The first-order chi connectivity index (χ1) is 9.51. The highest BCUT2D eigenvalue weighted by Crippen LogP contribution is 2.29. The Morgan fingerprint density at radius 3 is 2.65 bits per heavy atom. The second-order valence-corrected chi connectivity index (χ2v) is 6.92. The molecule has 6 heteroatoms. The van der Waals surface area contributed by atoms with Gasteiger partial charge in [-0.2, -0.15) is 0 Å². The molecule has 1 N–H and O–H groups in total. The summed E-state index contributed by atoms with van der Waals surface area (Å²) >= 11 is 19.2. The number of halogens is 4. The van der Waals surface area contributed by atoms with Gasteiger partial charge in [0.1, 0.15) is 0 Å². The number of rotatable bonds is 4. The van der Waals surface area contributed by atoms with Crippen LogP contribution in [0.3, 0.4) is 0 Å². The predicted molar refractivity (Wildman–Crippen MR) is 91.6 cm³/mol. The Balaban J connectivity index is 2.31. The van der Waals surface area contributed by atoms with Gasteiger partial charge in [-0.1, -0.05) is 23.2 Å². The number of aromatic nitrogens is 1. The van der Waals surface area contributed by atoms with Gasteiger partial charge in [0, 0.05) is 25.2 Å². The van der Waals surface area contributed by atoms with Crippen molar-refractivity contribution in [3.05, 3.63) is 60.7 Å². The van der Waals surface area contributed by atoms with Gasteiger partial charge in [0.25, 0.3) is 0 Å². The number of hydrogen-bond donors (Lipinski definition) is 1. The lowest BCUT2D eigenvalue weighted by Gasteiger charge is -2.18. The van der Waals surface area contributed by atoms with E-state index in [-0.39, 0.29) is 6.04 Å². The molecule has 0 fully saturated rings. The molecular formula is C14H12Br2Cl2N2. The van der Waals surface area contributed by atoms with Crippen molar-refractivity contribution in [3.8, 4) is 0 Å². The number of pyridine rings is 1. The molecule has 0 amide bonds. The highest BCUT2D eigenvalue weighted by Gasteiger charge is 2.17. The molecule has 20 heavy (non-hydrogen) atoms. The van der Waals surface area contributed by atoms with Gasteiger partial charge in [0.05, 0.1) is 11.7 Å². The van der Waals surface area contributed by atoms with Gasteiger partial charge in [-0.05, 0) is 75.2 Å². The zero-order valence-electron chi connectivity index (χ0n) is 10.6. The van der Waals surface area contributed by atoms with Crippen LogP contribution in [-0.2, 0) is 6.42 Å². The van der Waals surface area contributed by atoms with E-state index in [1.54, 1.807) is 12.3 Å². The minimum Gasteiger partial charge on any atom is -0.311 e. The minimum atomic E-state index is 0.0495. The van der Waals surface area contributed by atoms with Gasteiger partial charge in [0.2, 0.25) is 0 Å². The second kappa shape index (κ2) is 7.23. The Morgan fingerprint density at radius 2 is 2.00 bits per heavy atom. The van der Waals surface area contributed by atoms with Crippen LogP contribution in [0.1, 0.15) is 17.3 Å². The highest BCUT2D eigenvalue weighted by atomic mass is 79.9. The maximum atomic E-state index is 6.22. The molecule has 1 atom stereocenters. The van der Waals surface area contributed by atoms with Crippen LogP contribution >= 0.6 is 55.1 Å². The first kappa shape index (κ1) is 16.2. The Hall–Kier alpha value is -0.130. The van der Waals surface area contributed by atoms with E-state index < -0.39 is 0 Å². The number of likely N-dealkylation sites (N-methyl/N-ethyl adjacent to an activating group) is 1. The molecule has 0 spiro atoms. The molecule has 0 aliphatic heterocycles. The summed E-state index contributed by atoms with van der Waals surface area (Å²) in [6, 6.07) is 7.52. The van der Waals surface area contributed by atoms with Crippen LogP contribution in [0, 0.1) is 0 Å². The predicted octanol–water partition coefficient (Wildman–Crippen LogP) is 5.42. The third-order valence-corrected chi connectivity index (χ3v) is 4.62. The fraction of sp³-hybridized carbons (Fsp3) is 0.214. The lowest BCUT2D eigenvalue weighted by molar-refractivity contribution is 0.573. The van der Waals surface area contributed by atoms with Gasteiger partial charge in [-0.25, -0.2) is 0 Å². The van der Waals surface area contributed by atoms with Crippen LogP contribution in [0.15, 0.2) is 39.4 Å². The molecule has 2 rings (SSSR count). The van der Waals surface area contributed by atoms with E-state index in [1.807, 2.05) is 25.2 Å². The second-order valence-electron chi connectivity index (χ2n) is 4.30. The van der Waals surface area contributed by atoms with Crippen LogP contribution < -0.4 is 5.32 Å². The van der Waals surface area contributed by atoms with Crippen molar-refractivity contribution in [2.45, 2.75) is 12.5 Å². The number of benzene rings is 1. The molecule has 0 saturated carbocycles. The summed E-state index contributed by atoms with van der Waals surface area (Å²) in [5, 5.41) is 4.66. The van der Waals surface area contributed by atoms with E-state index in [1.165, 1.54) is 0 Å². The van der Waals surface area contributed by atoms with Crippen LogP contribution in [0.25, 0.3) is 0 Å². The summed E-state index contributed by atoms with van der Waals surface area (Å²) in [6.45, 7) is 0. The van der Waals surface area contributed by atoms with Gasteiger partial charge < -0.3 is 5.32 Å². The van der Waals surface area contributed by atoms with Crippen molar-refractivity contribution < 1.29 is 0 Å². The van der Waals surface area contributed by atoms with Crippen molar-refractivity contribution >= 4 is 55.1 Å². The lowest BCUT2D eigenvalue weighted by atomic mass is 10.0. The Labute approximate surface area is 145 Å². The largest absolute Gasteiger partial charge is 0.311 e. The first-order valence-corrected chi connectivity index (χ1v) is 8.27. The summed E-state index contributed by atoms with van der Waals surface area (Å²) in [6.07, 6.45) is 2.49. The van der Waals surface area contributed by atoms with Gasteiger partial charge >= 0.3 is 0 Å². The average Bonchev–Trinajstić information content (AvgIpc) is 2.40. The maximum absolute atomic E-state index is 6.22. The Morgan fingerprint density at radius 1 is 1.25 bits per heavy atom. The SMILES string of the molecule is CNC(Cc1cc(Cl)ccc1Cl)c1ncc(Br)cc1Br. The minimum absolute atomic E-state index is 0.0495. The zero-order valence-corrected chi connectivity index (χ0v) is 15.3. The Bertz CT molecular complexity index is 620. The molecule has 1 unspecified atom stereocenters. The third-order valence-electron chi connectivity index (χ3n) is 2.95. The monoisotopic (exact) mass is 436 g/mol. The molecule has 1 aromatic carbocycles. The highest BCUT2D eigenvalue weighted by molar-refractivity contribution is 9.11. The quantitative estimate of drug-likeness (QED) is 0.689. The smallest absolute Gasteiger partial charge is 0.0719 e. The molecule has 2 nitrogen and oxygen atoms in total. The van der Waals surface area contributed by atoms with Crippen molar-refractivity contribution in [1.29, 1.82) is 0 Å². The van der Waals surface area contributed by atoms with E-state index in [9.17, 15) is 0 Å². The molecule has 2 aromatic rings. The third kappa shape index (κ3) is 3.95. The van der Waals surface area contributed by atoms with E-state index in [0.29, 0.717) is 16.5 Å². The van der Waals surface area contributed by atoms with Gasteiger partial charge in [-0.15, -0.1) is 0 Å². The van der Waals surface area contributed by atoms with E-state index in [0.717, 1.165) is 20.2 Å². The van der Waals surface area contributed by atoms with Crippen molar-refractivity contribution in [3.63, 3.8) is 0 Å². The average molecular weight is 439 g/mol. The molecule has 0 bridgehead atoms. The van der Waals surface area contributed by atoms with E-state index in [4.69, 9.17) is 23.2 Å². The van der Waals surface area contributed by atoms with Crippen LogP contribution in [0.2, 0.25) is 10.0 Å². The molecule has 1 aromatic heterocycles. The summed E-state index contributed by atoms with van der Waals surface area (Å²) in [5.74, 6) is 0. The molecule has 0 radical (unpaired) electrons. The molecule has 0 aliphatic rings. The molecule has 0 aliphatic carbocycles. The fourth-order valence-electron chi connectivity index (χ4n) is 1.94. The molecule has 1 heterocycles. The topological polar surface area (TPSA) is 24.9 Å². The van der Waals surface area contributed by atoms with E-state index >= 15 is 0 Å². The summed E-state index contributed by atoms with van der Waals surface area (Å²) < 4.78 is 1.88. The number of hydrogen-bond acceptors (Lipinski definition) is 2. The summed E-state index contributed by atoms with van der Waals surface area (Å²) in [4.78, 5) is 4.46. The molecular weight excluding hydrogens is 427 g/mol. The first-order valence-electron chi connectivity index (χ1n) is 5.93. The van der Waals surface area contributed by atoms with Gasteiger partial charge in [-0.3, -0.25) is 4.98 Å². The van der Waals surface area contributed by atoms with Crippen LogP contribution in [-0.4, -0.2) is 12.0 Å². The van der Waals surface area contributed by atoms with E-state index in [2.05, 4.69) is 42.2 Å².